The third kappa shape index (κ3) is 8.98. The second kappa shape index (κ2) is 13.7. The third-order valence-corrected chi connectivity index (χ3v) is 5.87. The summed E-state index contributed by atoms with van der Waals surface area (Å²) in [6.45, 7) is 16.5. The number of amides is 1. The molecule has 0 aliphatic heterocycles. The molecule has 0 aliphatic rings. The molecule has 1 aromatic rings. The summed E-state index contributed by atoms with van der Waals surface area (Å²) in [5.74, 6) is 1.00. The summed E-state index contributed by atoms with van der Waals surface area (Å²) < 4.78 is 17.4. The van der Waals surface area contributed by atoms with Crippen LogP contribution in [-0.2, 0) is 14.3 Å². The van der Waals surface area contributed by atoms with Crippen molar-refractivity contribution < 1.29 is 23.8 Å². The molecule has 0 heterocycles. The summed E-state index contributed by atoms with van der Waals surface area (Å²) in [5.41, 5.74) is 4.13. The number of esters is 1. The number of alkyl carbamates (subject to hydrolysis) is 1. The molecule has 178 valence electrons. The van der Waals surface area contributed by atoms with E-state index in [4.69, 9.17) is 14.2 Å². The molecule has 0 bridgehead atoms. The topological polar surface area (TPSA) is 73.9 Å². The molecule has 0 saturated carbocycles. The zero-order valence-electron chi connectivity index (χ0n) is 19.6. The van der Waals surface area contributed by atoms with Crippen molar-refractivity contribution >= 4 is 49.5 Å². The summed E-state index contributed by atoms with van der Waals surface area (Å²) in [6, 6.07) is 4.11. The lowest BCUT2D eigenvalue weighted by Gasteiger charge is -2.21. The van der Waals surface area contributed by atoms with Crippen molar-refractivity contribution in [3.8, 4) is 5.75 Å². The molecule has 0 fully saturated rings. The number of halogens is 2. The Morgan fingerprint density at radius 2 is 1.56 bits per heavy atom. The minimum absolute atomic E-state index is 0.0482. The SMILES string of the molecule is C=C(C)C(=O)OCCNC(=O)OCCOc1c(Br)cc(/C(=C(/C)C(C)C)C(C)C)cc1Br. The Morgan fingerprint density at radius 1 is 0.969 bits per heavy atom. The van der Waals surface area contributed by atoms with Gasteiger partial charge in [0, 0.05) is 5.57 Å². The van der Waals surface area contributed by atoms with Crippen LogP contribution in [0.25, 0.3) is 5.57 Å². The largest absolute Gasteiger partial charge is 0.488 e. The first-order chi connectivity index (χ1) is 15.0. The zero-order chi connectivity index (χ0) is 24.4. The van der Waals surface area contributed by atoms with E-state index in [1.54, 1.807) is 6.92 Å². The van der Waals surface area contributed by atoms with E-state index >= 15 is 0 Å². The second-order valence-electron chi connectivity index (χ2n) is 8.00. The van der Waals surface area contributed by atoms with Gasteiger partial charge in [-0.1, -0.05) is 39.8 Å². The Bertz CT molecular complexity index is 839. The van der Waals surface area contributed by atoms with Crippen molar-refractivity contribution in [3.05, 3.63) is 44.4 Å². The average Bonchev–Trinajstić information content (AvgIpc) is 2.69. The van der Waals surface area contributed by atoms with Gasteiger partial charge < -0.3 is 19.5 Å². The summed E-state index contributed by atoms with van der Waals surface area (Å²) in [4.78, 5) is 22.9. The van der Waals surface area contributed by atoms with Crippen LogP contribution in [0.4, 0.5) is 4.79 Å². The van der Waals surface area contributed by atoms with Crippen LogP contribution in [0, 0.1) is 11.8 Å². The monoisotopic (exact) mass is 573 g/mol. The van der Waals surface area contributed by atoms with Crippen LogP contribution in [0.5, 0.6) is 5.75 Å². The fraction of sp³-hybridized carbons (Fsp3) is 0.500. The van der Waals surface area contributed by atoms with Gasteiger partial charge in [0.2, 0.25) is 0 Å². The molecular weight excluding hydrogens is 542 g/mol. The van der Waals surface area contributed by atoms with E-state index in [0.717, 1.165) is 14.5 Å². The summed E-state index contributed by atoms with van der Waals surface area (Å²) >= 11 is 7.20. The molecule has 6 nitrogen and oxygen atoms in total. The van der Waals surface area contributed by atoms with Crippen LogP contribution >= 0.6 is 31.9 Å². The summed E-state index contributed by atoms with van der Waals surface area (Å²) in [5, 5.41) is 2.50. The number of benzene rings is 1. The molecule has 0 aliphatic carbocycles. The fourth-order valence-electron chi connectivity index (χ4n) is 2.93. The van der Waals surface area contributed by atoms with Gasteiger partial charge in [-0.3, -0.25) is 0 Å². The minimum atomic E-state index is -0.607. The maximum atomic E-state index is 11.7. The van der Waals surface area contributed by atoms with E-state index in [1.165, 1.54) is 11.1 Å². The van der Waals surface area contributed by atoms with Gasteiger partial charge in [-0.2, -0.15) is 0 Å². The second-order valence-corrected chi connectivity index (χ2v) is 9.71. The van der Waals surface area contributed by atoms with Gasteiger partial charge >= 0.3 is 12.1 Å². The molecule has 0 spiro atoms. The molecule has 8 heteroatoms. The van der Waals surface area contributed by atoms with Crippen molar-refractivity contribution in [2.24, 2.45) is 11.8 Å². The Morgan fingerprint density at radius 3 is 2.06 bits per heavy atom. The molecule has 0 radical (unpaired) electrons. The highest BCUT2D eigenvalue weighted by Crippen LogP contribution is 2.39. The number of rotatable bonds is 11. The van der Waals surface area contributed by atoms with E-state index in [0.29, 0.717) is 23.2 Å². The maximum Gasteiger partial charge on any atom is 0.407 e. The number of hydrogen-bond acceptors (Lipinski definition) is 5. The molecule has 1 rings (SSSR count). The normalized spacial score (nSPS) is 11.8. The molecule has 0 atom stereocenters. The van der Waals surface area contributed by atoms with Gasteiger partial charge in [0.1, 0.15) is 25.6 Å². The molecule has 1 N–H and O–H groups in total. The Balaban J connectivity index is 2.61. The quantitative estimate of drug-likeness (QED) is 0.185. The Labute approximate surface area is 208 Å². The van der Waals surface area contributed by atoms with Gasteiger partial charge in [-0.15, -0.1) is 0 Å². The van der Waals surface area contributed by atoms with Crippen molar-refractivity contribution in [2.75, 3.05) is 26.4 Å². The molecule has 0 aromatic heterocycles. The number of allylic oxidation sites excluding steroid dienone is 2. The van der Waals surface area contributed by atoms with E-state index in [1.807, 2.05) is 0 Å². The smallest absolute Gasteiger partial charge is 0.407 e. The van der Waals surface area contributed by atoms with Crippen molar-refractivity contribution in [2.45, 2.75) is 41.5 Å². The Hall–Kier alpha value is -1.80. The van der Waals surface area contributed by atoms with Crippen LogP contribution in [0.2, 0.25) is 0 Å². The van der Waals surface area contributed by atoms with Crippen LogP contribution in [0.3, 0.4) is 0 Å². The van der Waals surface area contributed by atoms with E-state index in [-0.39, 0.29) is 26.4 Å². The first-order valence-electron chi connectivity index (χ1n) is 10.5. The van der Waals surface area contributed by atoms with Gasteiger partial charge in [0.25, 0.3) is 0 Å². The van der Waals surface area contributed by atoms with Gasteiger partial charge in [0.05, 0.1) is 15.5 Å². The van der Waals surface area contributed by atoms with Crippen molar-refractivity contribution in [3.63, 3.8) is 0 Å². The van der Waals surface area contributed by atoms with Crippen LogP contribution in [0.15, 0.2) is 38.8 Å². The zero-order valence-corrected chi connectivity index (χ0v) is 22.8. The lowest BCUT2D eigenvalue weighted by Crippen LogP contribution is -2.29. The lowest BCUT2D eigenvalue weighted by molar-refractivity contribution is -0.138. The predicted octanol–water partition coefficient (Wildman–Crippen LogP) is 6.52. The van der Waals surface area contributed by atoms with Crippen LogP contribution in [-0.4, -0.2) is 38.4 Å². The molecular formula is C24H33Br2NO5. The Kier molecular flexibility index (Phi) is 12.1. The number of ether oxygens (including phenoxy) is 3. The van der Waals surface area contributed by atoms with Crippen molar-refractivity contribution in [1.82, 2.24) is 5.32 Å². The van der Waals surface area contributed by atoms with Crippen LogP contribution in [0.1, 0.15) is 47.1 Å². The van der Waals surface area contributed by atoms with E-state index in [9.17, 15) is 9.59 Å². The van der Waals surface area contributed by atoms with E-state index in [2.05, 4.69) is 90.5 Å². The van der Waals surface area contributed by atoms with Gasteiger partial charge in [0.15, 0.2) is 0 Å². The first kappa shape index (κ1) is 28.2. The fourth-order valence-corrected chi connectivity index (χ4v) is 4.35. The van der Waals surface area contributed by atoms with Crippen LogP contribution < -0.4 is 10.1 Å². The number of carbonyl (C=O) groups is 2. The molecule has 0 saturated heterocycles. The molecule has 1 aromatic carbocycles. The highest BCUT2D eigenvalue weighted by molar-refractivity contribution is 9.11. The standard InChI is InChI=1S/C24H33Br2NO5/c1-14(2)17(7)21(15(3)4)18-12-19(25)22(20(26)13-18)30-10-11-32-24(29)27-8-9-31-23(28)16(5)6/h12-15H,5,8-11H2,1-4,6-7H3,(H,27,29)/b21-17-. The molecule has 0 unspecified atom stereocenters. The third-order valence-electron chi connectivity index (χ3n) is 4.69. The number of nitrogens with one attached hydrogen (secondary N) is 1. The molecule has 32 heavy (non-hydrogen) atoms. The minimum Gasteiger partial charge on any atom is -0.488 e. The summed E-state index contributed by atoms with van der Waals surface area (Å²) in [6.07, 6.45) is -0.607. The summed E-state index contributed by atoms with van der Waals surface area (Å²) in [7, 11) is 0. The highest BCUT2D eigenvalue weighted by atomic mass is 79.9. The van der Waals surface area contributed by atoms with E-state index < -0.39 is 12.1 Å². The average molecular weight is 575 g/mol. The number of hydrogen-bond donors (Lipinski definition) is 1. The van der Waals surface area contributed by atoms with Gasteiger partial charge in [-0.25, -0.2) is 9.59 Å². The lowest BCUT2D eigenvalue weighted by atomic mass is 9.87. The molecule has 1 amide bonds. The first-order valence-corrected chi connectivity index (χ1v) is 12.1. The predicted molar refractivity (Wildman–Crippen MR) is 135 cm³/mol. The van der Waals surface area contributed by atoms with Crippen molar-refractivity contribution in [1.29, 1.82) is 0 Å². The number of carbonyl (C=O) groups excluding carboxylic acids is 2. The maximum absolute atomic E-state index is 11.7. The highest BCUT2D eigenvalue weighted by Gasteiger charge is 2.17. The van der Waals surface area contributed by atoms with Gasteiger partial charge in [-0.05, 0) is 80.8 Å².